The fourth-order valence-electron chi connectivity index (χ4n) is 4.82. The number of carbonyl (C=O) groups excluding carboxylic acids is 1. The van der Waals surface area contributed by atoms with Crippen molar-refractivity contribution in [3.63, 3.8) is 0 Å². The monoisotopic (exact) mass is 438 g/mol. The van der Waals surface area contributed by atoms with Crippen LogP contribution in [-0.4, -0.2) is 50.7 Å². The molecule has 4 rings (SSSR count). The number of amidine groups is 1. The fraction of sp³-hybridized carbons (Fsp3) is 0.583. The van der Waals surface area contributed by atoms with Crippen LogP contribution in [0.1, 0.15) is 69.7 Å². The van der Waals surface area contributed by atoms with E-state index in [-0.39, 0.29) is 5.91 Å². The number of imidazole rings is 1. The molecule has 32 heavy (non-hydrogen) atoms. The second-order valence-corrected chi connectivity index (χ2v) is 9.90. The first kappa shape index (κ1) is 22.5. The van der Waals surface area contributed by atoms with Gasteiger partial charge in [-0.05, 0) is 56.1 Å². The van der Waals surface area contributed by atoms with Crippen molar-refractivity contribution in [3.8, 4) is 0 Å². The largest absolute Gasteiger partial charge is 0.320 e. The Kier molecular flexibility index (Phi) is 5.83. The van der Waals surface area contributed by atoms with Crippen LogP contribution < -0.4 is 4.90 Å². The van der Waals surface area contributed by atoms with E-state index >= 15 is 0 Å². The van der Waals surface area contributed by atoms with Gasteiger partial charge in [-0.15, -0.1) is 0 Å². The minimum Gasteiger partial charge on any atom is -0.320 e. The molecule has 1 amide bonds. The van der Waals surface area contributed by atoms with Crippen molar-refractivity contribution in [2.24, 2.45) is 23.4 Å². The molecule has 1 fully saturated rings. The summed E-state index contributed by atoms with van der Waals surface area (Å²) in [7, 11) is 3.72. The fourth-order valence-corrected chi connectivity index (χ4v) is 4.82. The van der Waals surface area contributed by atoms with Crippen LogP contribution in [0.2, 0.25) is 0 Å². The summed E-state index contributed by atoms with van der Waals surface area (Å²) in [6.45, 7) is 9.41. The molecule has 8 nitrogen and oxygen atoms in total. The Hall–Kier alpha value is -2.74. The first-order valence-corrected chi connectivity index (χ1v) is 11.4. The predicted molar refractivity (Wildman–Crippen MR) is 124 cm³/mol. The Morgan fingerprint density at radius 2 is 1.97 bits per heavy atom. The maximum absolute atomic E-state index is 13.3. The van der Waals surface area contributed by atoms with Crippen LogP contribution in [0, 0.1) is 11.3 Å². The average molecular weight is 439 g/mol. The van der Waals surface area contributed by atoms with Crippen LogP contribution in [0.5, 0.6) is 0 Å². The number of nitrogens with zero attached hydrogens (tertiary/aromatic N) is 6. The van der Waals surface area contributed by atoms with Crippen molar-refractivity contribution in [1.82, 2.24) is 19.6 Å². The van der Waals surface area contributed by atoms with Crippen LogP contribution in [-0.2, 0) is 11.9 Å². The molecule has 0 radical (unpaired) electrons. The molecule has 0 N–H and O–H groups in total. The lowest BCUT2D eigenvalue weighted by Crippen LogP contribution is -2.38. The van der Waals surface area contributed by atoms with Gasteiger partial charge in [0.2, 0.25) is 0 Å². The van der Waals surface area contributed by atoms with Gasteiger partial charge in [-0.3, -0.25) is 9.78 Å². The minimum absolute atomic E-state index is 0.121. The molecule has 0 atom stereocenters. The third-order valence-electron chi connectivity index (χ3n) is 6.83. The van der Waals surface area contributed by atoms with Crippen molar-refractivity contribution in [1.29, 1.82) is 0 Å². The van der Waals surface area contributed by atoms with Crippen LogP contribution in [0.25, 0.3) is 0 Å². The van der Waals surface area contributed by atoms with Gasteiger partial charge < -0.3 is 9.47 Å². The molecule has 0 unspecified atom stereocenters. The van der Waals surface area contributed by atoms with Crippen molar-refractivity contribution >= 4 is 17.4 Å². The highest BCUT2D eigenvalue weighted by Gasteiger charge is 2.46. The Morgan fingerprint density at radius 1 is 1.25 bits per heavy atom. The Bertz CT molecular complexity index is 999. The highest BCUT2D eigenvalue weighted by atomic mass is 16.7. The van der Waals surface area contributed by atoms with Gasteiger partial charge >= 0.3 is 0 Å². The van der Waals surface area contributed by atoms with Crippen molar-refractivity contribution in [3.05, 3.63) is 42.2 Å². The number of hydroxylamine groups is 2. The van der Waals surface area contributed by atoms with Crippen LogP contribution in [0.15, 0.2) is 35.7 Å². The normalized spacial score (nSPS) is 23.5. The highest BCUT2D eigenvalue weighted by molar-refractivity contribution is 6.06. The summed E-state index contributed by atoms with van der Waals surface area (Å²) in [5, 5.41) is 1.71. The summed E-state index contributed by atoms with van der Waals surface area (Å²) in [5.41, 5.74) is 1.04. The molecule has 0 saturated heterocycles. The molecule has 2 aromatic heterocycles. The first-order chi connectivity index (χ1) is 15.1. The van der Waals surface area contributed by atoms with Crippen molar-refractivity contribution < 1.29 is 9.63 Å². The van der Waals surface area contributed by atoms with Gasteiger partial charge in [0.15, 0.2) is 17.4 Å². The standard InChI is InChI=1S/C24H34N6O2/c1-7-30(18-9-8-14-25-15-18)22(31)19-16-26-20(28(19)5)21-27-24(32-29(21)6)12-10-17(11-13-24)23(2,3)4/h8-9,14-17H,7,10-13H2,1-6H3. The Labute approximate surface area is 190 Å². The van der Waals surface area contributed by atoms with E-state index < -0.39 is 5.72 Å². The van der Waals surface area contributed by atoms with Crippen molar-refractivity contribution in [2.75, 3.05) is 18.5 Å². The van der Waals surface area contributed by atoms with Crippen LogP contribution in [0.3, 0.4) is 0 Å². The Morgan fingerprint density at radius 3 is 2.56 bits per heavy atom. The van der Waals surface area contributed by atoms with Gasteiger partial charge in [0.05, 0.1) is 18.1 Å². The molecule has 2 aromatic rings. The van der Waals surface area contributed by atoms with Gasteiger partial charge in [0.1, 0.15) is 5.69 Å². The zero-order chi connectivity index (χ0) is 23.1. The van der Waals surface area contributed by atoms with Gasteiger partial charge in [0.25, 0.3) is 5.91 Å². The van der Waals surface area contributed by atoms with E-state index in [0.29, 0.717) is 35.2 Å². The van der Waals surface area contributed by atoms with Crippen molar-refractivity contribution in [2.45, 2.75) is 59.1 Å². The third-order valence-corrected chi connectivity index (χ3v) is 6.83. The summed E-state index contributed by atoms with van der Waals surface area (Å²) in [6, 6.07) is 3.71. The second-order valence-electron chi connectivity index (χ2n) is 9.90. The molecule has 0 bridgehead atoms. The lowest BCUT2D eigenvalue weighted by Gasteiger charge is -2.39. The number of rotatable bonds is 4. The summed E-state index contributed by atoms with van der Waals surface area (Å²) in [6.07, 6.45) is 8.98. The van der Waals surface area contributed by atoms with Gasteiger partial charge in [0, 0.05) is 26.8 Å². The van der Waals surface area contributed by atoms with E-state index in [2.05, 4.69) is 30.7 Å². The molecule has 1 aliphatic heterocycles. The van der Waals surface area contributed by atoms with Crippen LogP contribution in [0.4, 0.5) is 5.69 Å². The number of pyridine rings is 1. The number of amides is 1. The number of hydrogen-bond donors (Lipinski definition) is 0. The van der Waals surface area contributed by atoms with E-state index in [9.17, 15) is 4.79 Å². The zero-order valence-corrected chi connectivity index (χ0v) is 20.0. The molecule has 8 heteroatoms. The topological polar surface area (TPSA) is 75.9 Å². The maximum atomic E-state index is 13.3. The SMILES string of the molecule is CCN(C(=O)c1cnc(C2=NC3(CCC(C(C)(C)C)CC3)ON2C)n1C)c1cccnc1. The molecule has 3 heterocycles. The lowest BCUT2D eigenvalue weighted by atomic mass is 9.70. The Balaban J connectivity index is 1.58. The number of hydrogen-bond acceptors (Lipinski definition) is 6. The third kappa shape index (κ3) is 4.03. The molecular weight excluding hydrogens is 404 g/mol. The first-order valence-electron chi connectivity index (χ1n) is 11.4. The highest BCUT2D eigenvalue weighted by Crippen LogP contribution is 2.45. The molecule has 1 spiro atoms. The van der Waals surface area contributed by atoms with Gasteiger partial charge in [-0.1, -0.05) is 20.8 Å². The maximum Gasteiger partial charge on any atom is 0.276 e. The number of anilines is 1. The molecule has 1 saturated carbocycles. The quantitative estimate of drug-likeness (QED) is 0.720. The summed E-state index contributed by atoms with van der Waals surface area (Å²) in [5.74, 6) is 1.86. The van der Waals surface area contributed by atoms with Gasteiger partial charge in [-0.25, -0.2) is 19.9 Å². The number of aromatic nitrogens is 3. The number of aliphatic imine (C=N–C) groups is 1. The lowest BCUT2D eigenvalue weighted by molar-refractivity contribution is -0.185. The van der Waals surface area contributed by atoms with E-state index in [1.165, 1.54) is 0 Å². The average Bonchev–Trinajstić information content (AvgIpc) is 3.28. The minimum atomic E-state index is -0.521. The molecule has 0 aromatic carbocycles. The molecule has 2 aliphatic rings. The number of carbonyl (C=O) groups is 1. The molecule has 1 aliphatic carbocycles. The molecule has 172 valence electrons. The second kappa shape index (κ2) is 8.31. The zero-order valence-electron chi connectivity index (χ0n) is 20.0. The molecular formula is C24H34N6O2. The predicted octanol–water partition coefficient (Wildman–Crippen LogP) is 4.04. The van der Waals surface area contributed by atoms with Gasteiger partial charge in [-0.2, -0.15) is 0 Å². The van der Waals surface area contributed by atoms with E-state index in [4.69, 9.17) is 9.83 Å². The van der Waals surface area contributed by atoms with E-state index in [1.807, 2.05) is 33.2 Å². The summed E-state index contributed by atoms with van der Waals surface area (Å²) in [4.78, 5) is 34.9. The summed E-state index contributed by atoms with van der Waals surface area (Å²) < 4.78 is 1.81. The van der Waals surface area contributed by atoms with Crippen LogP contribution >= 0.6 is 0 Å². The van der Waals surface area contributed by atoms with E-state index in [1.54, 1.807) is 33.1 Å². The summed E-state index contributed by atoms with van der Waals surface area (Å²) >= 11 is 0. The smallest absolute Gasteiger partial charge is 0.276 e. The van der Waals surface area contributed by atoms with E-state index in [0.717, 1.165) is 31.4 Å².